The zero-order valence-corrected chi connectivity index (χ0v) is 15.6. The molecule has 0 fully saturated rings. The summed E-state index contributed by atoms with van der Waals surface area (Å²) in [6.07, 6.45) is 0. The van der Waals surface area contributed by atoms with Gasteiger partial charge in [0.05, 0.1) is 11.4 Å². The second-order valence-electron chi connectivity index (χ2n) is 6.12. The summed E-state index contributed by atoms with van der Waals surface area (Å²) in [4.78, 5) is 12.2. The van der Waals surface area contributed by atoms with E-state index in [1.165, 1.54) is 12.1 Å². The molecule has 0 aromatic heterocycles. The van der Waals surface area contributed by atoms with Crippen molar-refractivity contribution in [2.75, 3.05) is 25.1 Å². The third-order valence-corrected chi connectivity index (χ3v) is 5.03. The summed E-state index contributed by atoms with van der Waals surface area (Å²) in [5.41, 5.74) is 1.46. The van der Waals surface area contributed by atoms with Gasteiger partial charge in [-0.3, -0.25) is 4.79 Å². The monoisotopic (exact) mass is 391 g/mol. The lowest BCUT2D eigenvalue weighted by Crippen LogP contribution is -2.30. The number of carbonyl (C=O) groups excluding carboxylic acids is 1. The third kappa shape index (κ3) is 4.97. The highest BCUT2D eigenvalue weighted by molar-refractivity contribution is 7.89. The molecule has 1 aliphatic rings. The molecule has 1 heterocycles. The van der Waals surface area contributed by atoms with E-state index in [0.717, 1.165) is 5.56 Å². The second-order valence-corrected chi connectivity index (χ2v) is 7.68. The number of anilines is 1. The maximum absolute atomic E-state index is 12.2. The maximum Gasteiger partial charge on any atom is 0.238 e. The molecule has 9 heteroatoms. The van der Waals surface area contributed by atoms with Crippen LogP contribution in [-0.4, -0.2) is 34.1 Å². The Balaban J connectivity index is 1.54. The number of primary sulfonamides is 1. The number of benzene rings is 2. The van der Waals surface area contributed by atoms with Crippen LogP contribution in [0.4, 0.5) is 5.69 Å². The standard InChI is InChI=1S/C18H21N3O5S/c1-12(13-2-5-15(6-3-13)27(19,23)24)20-11-18(22)21-14-4-7-16-17(10-14)26-9-8-25-16/h2-7,10,12,20H,8-9,11H2,1H3,(H,21,22)(H2,19,23,24)/t12-/m0/s1. The Morgan fingerprint density at radius 1 is 1.11 bits per heavy atom. The Morgan fingerprint density at radius 3 is 2.44 bits per heavy atom. The molecule has 0 saturated carbocycles. The molecule has 0 saturated heterocycles. The molecule has 27 heavy (non-hydrogen) atoms. The van der Waals surface area contributed by atoms with Crippen LogP contribution in [0.3, 0.4) is 0 Å². The number of sulfonamides is 1. The van der Waals surface area contributed by atoms with Crippen LogP contribution in [0, 0.1) is 0 Å². The molecule has 0 aliphatic carbocycles. The molecule has 1 amide bonds. The molecule has 3 rings (SSSR count). The molecule has 2 aromatic rings. The zero-order valence-electron chi connectivity index (χ0n) is 14.8. The van der Waals surface area contributed by atoms with Gasteiger partial charge < -0.3 is 20.1 Å². The Bertz CT molecular complexity index is 929. The van der Waals surface area contributed by atoms with Crippen molar-refractivity contribution < 1.29 is 22.7 Å². The Kier molecular flexibility index (Phi) is 5.64. The fourth-order valence-corrected chi connectivity index (χ4v) is 3.15. The van der Waals surface area contributed by atoms with Crippen molar-refractivity contribution in [1.29, 1.82) is 0 Å². The van der Waals surface area contributed by atoms with Crippen LogP contribution >= 0.6 is 0 Å². The molecule has 1 atom stereocenters. The van der Waals surface area contributed by atoms with Crippen molar-refractivity contribution in [2.45, 2.75) is 17.9 Å². The van der Waals surface area contributed by atoms with Crippen LogP contribution in [-0.2, 0) is 14.8 Å². The van der Waals surface area contributed by atoms with Crippen molar-refractivity contribution in [3.8, 4) is 11.5 Å². The van der Waals surface area contributed by atoms with Gasteiger partial charge in [0.15, 0.2) is 11.5 Å². The number of nitrogens with two attached hydrogens (primary N) is 1. The van der Waals surface area contributed by atoms with Gasteiger partial charge in [0, 0.05) is 17.8 Å². The van der Waals surface area contributed by atoms with Crippen LogP contribution in [0.5, 0.6) is 11.5 Å². The number of amides is 1. The average molecular weight is 391 g/mol. The molecule has 0 bridgehead atoms. The van der Waals surface area contributed by atoms with E-state index in [-0.39, 0.29) is 23.4 Å². The van der Waals surface area contributed by atoms with Crippen LogP contribution in [0.25, 0.3) is 0 Å². The smallest absolute Gasteiger partial charge is 0.238 e. The first-order valence-electron chi connectivity index (χ1n) is 8.38. The number of rotatable bonds is 6. The Labute approximate surface area is 157 Å². The van der Waals surface area contributed by atoms with Gasteiger partial charge in [0.1, 0.15) is 13.2 Å². The topological polar surface area (TPSA) is 120 Å². The summed E-state index contributed by atoms with van der Waals surface area (Å²) in [7, 11) is -3.72. The molecular weight excluding hydrogens is 370 g/mol. The average Bonchev–Trinajstić information content (AvgIpc) is 2.65. The van der Waals surface area contributed by atoms with Gasteiger partial charge in [-0.1, -0.05) is 12.1 Å². The van der Waals surface area contributed by atoms with E-state index in [4.69, 9.17) is 14.6 Å². The molecule has 2 aromatic carbocycles. The molecule has 0 unspecified atom stereocenters. The van der Waals surface area contributed by atoms with E-state index in [1.807, 2.05) is 6.92 Å². The normalized spacial score (nSPS) is 14.4. The SMILES string of the molecule is C[C@H](NCC(=O)Nc1ccc2c(c1)OCCO2)c1ccc(S(N)(=O)=O)cc1. The zero-order chi connectivity index (χ0) is 19.4. The van der Waals surface area contributed by atoms with Gasteiger partial charge in [-0.2, -0.15) is 0 Å². The van der Waals surface area contributed by atoms with Gasteiger partial charge in [-0.15, -0.1) is 0 Å². The van der Waals surface area contributed by atoms with Crippen molar-refractivity contribution in [1.82, 2.24) is 5.32 Å². The van der Waals surface area contributed by atoms with E-state index in [9.17, 15) is 13.2 Å². The van der Waals surface area contributed by atoms with Crippen molar-refractivity contribution in [3.63, 3.8) is 0 Å². The Morgan fingerprint density at radius 2 is 1.78 bits per heavy atom. The number of nitrogens with one attached hydrogen (secondary N) is 2. The minimum absolute atomic E-state index is 0.0507. The minimum Gasteiger partial charge on any atom is -0.486 e. The summed E-state index contributed by atoms with van der Waals surface area (Å²) in [5.74, 6) is 1.06. The first-order valence-corrected chi connectivity index (χ1v) is 9.93. The van der Waals surface area contributed by atoms with Gasteiger partial charge in [-0.05, 0) is 36.8 Å². The highest BCUT2D eigenvalue weighted by Crippen LogP contribution is 2.32. The number of carbonyl (C=O) groups is 1. The lowest BCUT2D eigenvalue weighted by molar-refractivity contribution is -0.115. The number of ether oxygens (including phenoxy) is 2. The third-order valence-electron chi connectivity index (χ3n) is 4.10. The summed E-state index contributed by atoms with van der Waals surface area (Å²) in [6, 6.07) is 11.3. The summed E-state index contributed by atoms with van der Waals surface area (Å²) < 4.78 is 33.5. The van der Waals surface area contributed by atoms with Crippen LogP contribution < -0.4 is 25.2 Å². The van der Waals surface area contributed by atoms with Crippen molar-refractivity contribution >= 4 is 21.6 Å². The molecular formula is C18H21N3O5S. The van der Waals surface area contributed by atoms with E-state index in [2.05, 4.69) is 10.6 Å². The molecule has 8 nitrogen and oxygen atoms in total. The van der Waals surface area contributed by atoms with Crippen LogP contribution in [0.15, 0.2) is 47.4 Å². The fourth-order valence-electron chi connectivity index (χ4n) is 2.64. The lowest BCUT2D eigenvalue weighted by Gasteiger charge is -2.19. The first-order chi connectivity index (χ1) is 12.8. The maximum atomic E-state index is 12.2. The number of fused-ring (bicyclic) bond motifs is 1. The molecule has 4 N–H and O–H groups in total. The van der Waals surface area contributed by atoms with Gasteiger partial charge in [0.25, 0.3) is 0 Å². The van der Waals surface area contributed by atoms with Crippen LogP contribution in [0.2, 0.25) is 0 Å². The highest BCUT2D eigenvalue weighted by atomic mass is 32.2. The molecule has 1 aliphatic heterocycles. The summed E-state index contributed by atoms with van der Waals surface area (Å²) in [5, 5.41) is 11.0. The summed E-state index contributed by atoms with van der Waals surface area (Å²) in [6.45, 7) is 2.96. The largest absolute Gasteiger partial charge is 0.486 e. The van der Waals surface area contributed by atoms with Gasteiger partial charge in [-0.25, -0.2) is 13.6 Å². The van der Waals surface area contributed by atoms with E-state index in [0.29, 0.717) is 30.4 Å². The van der Waals surface area contributed by atoms with Gasteiger partial charge in [0.2, 0.25) is 15.9 Å². The van der Waals surface area contributed by atoms with Gasteiger partial charge >= 0.3 is 0 Å². The summed E-state index contributed by atoms with van der Waals surface area (Å²) >= 11 is 0. The predicted molar refractivity (Wildman–Crippen MR) is 100 cm³/mol. The molecule has 144 valence electrons. The Hall–Kier alpha value is -2.62. The van der Waals surface area contributed by atoms with Crippen LogP contribution in [0.1, 0.15) is 18.5 Å². The van der Waals surface area contributed by atoms with E-state index < -0.39 is 10.0 Å². The lowest BCUT2D eigenvalue weighted by atomic mass is 10.1. The molecule has 0 radical (unpaired) electrons. The predicted octanol–water partition coefficient (Wildman–Crippen LogP) is 1.39. The fraction of sp³-hybridized carbons (Fsp3) is 0.278. The quantitative estimate of drug-likeness (QED) is 0.685. The second kappa shape index (κ2) is 7.95. The number of hydrogen-bond acceptors (Lipinski definition) is 6. The van der Waals surface area contributed by atoms with Crippen molar-refractivity contribution in [3.05, 3.63) is 48.0 Å². The highest BCUT2D eigenvalue weighted by Gasteiger charge is 2.14. The van der Waals surface area contributed by atoms with E-state index >= 15 is 0 Å². The van der Waals surface area contributed by atoms with Crippen molar-refractivity contribution in [2.24, 2.45) is 5.14 Å². The minimum atomic E-state index is -3.72. The molecule has 0 spiro atoms. The first kappa shape index (κ1) is 19.2. The number of hydrogen-bond donors (Lipinski definition) is 3. The van der Waals surface area contributed by atoms with E-state index in [1.54, 1.807) is 30.3 Å².